The fraction of sp³-hybridized carbons (Fsp3) is 0.125. The number of nitrogens with zero attached hydrogens (tertiary/aromatic N) is 3. The Morgan fingerprint density at radius 2 is 2.43 bits per heavy atom. The highest BCUT2D eigenvalue weighted by atomic mass is 79.9. The third kappa shape index (κ3) is 1.27. The number of carbonyl (C=O) groups excluding carboxylic acids is 1. The first kappa shape index (κ1) is 9.14. The zero-order valence-electron chi connectivity index (χ0n) is 7.36. The number of rotatable bonds is 1. The summed E-state index contributed by atoms with van der Waals surface area (Å²) in [6, 6.07) is 1.75. The quantitative estimate of drug-likeness (QED) is 0.821. The first-order valence-electron chi connectivity index (χ1n) is 3.95. The van der Waals surface area contributed by atoms with Gasteiger partial charge < -0.3 is 5.32 Å². The number of hydrogen-bond acceptors (Lipinski definition) is 3. The Balaban J connectivity index is 2.68. The van der Waals surface area contributed by atoms with Gasteiger partial charge in [-0.15, -0.1) is 0 Å². The van der Waals surface area contributed by atoms with Gasteiger partial charge in [-0.25, -0.2) is 9.50 Å². The van der Waals surface area contributed by atoms with Gasteiger partial charge in [0.1, 0.15) is 0 Å². The van der Waals surface area contributed by atoms with Crippen molar-refractivity contribution in [3.05, 3.63) is 28.6 Å². The van der Waals surface area contributed by atoms with Gasteiger partial charge in [0, 0.05) is 19.4 Å². The number of fused-ring (bicyclic) bond motifs is 1. The van der Waals surface area contributed by atoms with Gasteiger partial charge in [0.2, 0.25) is 0 Å². The third-order valence-electron chi connectivity index (χ3n) is 1.78. The molecule has 0 radical (unpaired) electrons. The van der Waals surface area contributed by atoms with E-state index in [2.05, 4.69) is 31.3 Å². The molecular formula is C8H7BrN4O. The Morgan fingerprint density at radius 3 is 3.07 bits per heavy atom. The van der Waals surface area contributed by atoms with Gasteiger partial charge in [-0.2, -0.15) is 5.10 Å². The first-order valence-corrected chi connectivity index (χ1v) is 4.74. The number of nitrogens with one attached hydrogen (secondary N) is 1. The summed E-state index contributed by atoms with van der Waals surface area (Å²) >= 11 is 3.29. The van der Waals surface area contributed by atoms with E-state index >= 15 is 0 Å². The fourth-order valence-electron chi connectivity index (χ4n) is 1.12. The molecule has 5 nitrogen and oxygen atoms in total. The van der Waals surface area contributed by atoms with E-state index in [1.54, 1.807) is 30.0 Å². The topological polar surface area (TPSA) is 59.3 Å². The number of hydrogen-bond donors (Lipinski definition) is 1. The van der Waals surface area contributed by atoms with Crippen molar-refractivity contribution in [1.82, 2.24) is 19.9 Å². The van der Waals surface area contributed by atoms with Crippen LogP contribution in [0.5, 0.6) is 0 Å². The molecule has 0 aromatic carbocycles. The Hall–Kier alpha value is -1.43. The van der Waals surface area contributed by atoms with Crippen molar-refractivity contribution >= 4 is 27.5 Å². The van der Waals surface area contributed by atoms with E-state index in [0.717, 1.165) is 0 Å². The van der Waals surface area contributed by atoms with Crippen LogP contribution < -0.4 is 5.32 Å². The molecule has 72 valence electrons. The van der Waals surface area contributed by atoms with E-state index in [9.17, 15) is 4.79 Å². The summed E-state index contributed by atoms with van der Waals surface area (Å²) in [5.74, 6) is -0.234. The zero-order valence-corrected chi connectivity index (χ0v) is 8.95. The van der Waals surface area contributed by atoms with Gasteiger partial charge in [0.25, 0.3) is 5.91 Å². The maximum Gasteiger partial charge on any atom is 0.272 e. The standard InChI is InChI=1S/C8H7BrN4O/c1-10-8(14)6-5(9)7-11-3-2-4-13(7)12-6/h2-4H,1H3,(H,10,14). The average molecular weight is 255 g/mol. The predicted molar refractivity (Wildman–Crippen MR) is 54.1 cm³/mol. The summed E-state index contributed by atoms with van der Waals surface area (Å²) in [6.45, 7) is 0. The maximum absolute atomic E-state index is 11.4. The van der Waals surface area contributed by atoms with Crippen molar-refractivity contribution in [2.45, 2.75) is 0 Å². The van der Waals surface area contributed by atoms with E-state index in [-0.39, 0.29) is 5.91 Å². The molecule has 2 aromatic heterocycles. The normalized spacial score (nSPS) is 10.4. The van der Waals surface area contributed by atoms with Gasteiger partial charge >= 0.3 is 0 Å². The molecular weight excluding hydrogens is 248 g/mol. The van der Waals surface area contributed by atoms with Crippen LogP contribution in [0.2, 0.25) is 0 Å². The molecule has 0 unspecified atom stereocenters. The van der Waals surface area contributed by atoms with Crippen LogP contribution in [0, 0.1) is 0 Å². The minimum atomic E-state index is -0.234. The lowest BCUT2D eigenvalue weighted by atomic mass is 10.4. The van der Waals surface area contributed by atoms with Crippen LogP contribution in [0.1, 0.15) is 10.5 Å². The molecule has 2 aromatic rings. The molecule has 0 aliphatic carbocycles. The van der Waals surface area contributed by atoms with E-state index in [1.807, 2.05) is 0 Å². The molecule has 0 saturated heterocycles. The number of carbonyl (C=O) groups is 1. The lowest BCUT2D eigenvalue weighted by molar-refractivity contribution is 0.0957. The van der Waals surface area contributed by atoms with Crippen molar-refractivity contribution in [3.63, 3.8) is 0 Å². The summed E-state index contributed by atoms with van der Waals surface area (Å²) in [4.78, 5) is 15.5. The van der Waals surface area contributed by atoms with Crippen LogP contribution in [-0.4, -0.2) is 27.6 Å². The van der Waals surface area contributed by atoms with Gasteiger partial charge in [0.15, 0.2) is 11.3 Å². The van der Waals surface area contributed by atoms with E-state index in [4.69, 9.17) is 0 Å². The van der Waals surface area contributed by atoms with Gasteiger partial charge in [0.05, 0.1) is 4.47 Å². The molecule has 0 aliphatic heterocycles. The second kappa shape index (κ2) is 3.38. The molecule has 6 heteroatoms. The number of halogens is 1. The summed E-state index contributed by atoms with van der Waals surface area (Å²) in [7, 11) is 1.56. The van der Waals surface area contributed by atoms with Crippen LogP contribution in [0.15, 0.2) is 22.9 Å². The minimum absolute atomic E-state index is 0.234. The van der Waals surface area contributed by atoms with Crippen LogP contribution in [0.3, 0.4) is 0 Å². The summed E-state index contributed by atoms with van der Waals surface area (Å²) < 4.78 is 2.16. The third-order valence-corrected chi connectivity index (χ3v) is 2.51. The maximum atomic E-state index is 11.4. The monoisotopic (exact) mass is 254 g/mol. The largest absolute Gasteiger partial charge is 0.354 e. The Bertz CT molecular complexity index is 493. The zero-order chi connectivity index (χ0) is 10.1. The summed E-state index contributed by atoms with van der Waals surface area (Å²) in [6.07, 6.45) is 3.38. The molecule has 1 N–H and O–H groups in total. The molecule has 0 atom stereocenters. The van der Waals surface area contributed by atoms with Crippen molar-refractivity contribution in [2.75, 3.05) is 7.05 Å². The van der Waals surface area contributed by atoms with Gasteiger partial charge in [-0.05, 0) is 22.0 Å². The summed E-state index contributed by atoms with van der Waals surface area (Å²) in [5, 5.41) is 6.59. The lowest BCUT2D eigenvalue weighted by Crippen LogP contribution is -2.18. The Kier molecular flexibility index (Phi) is 2.20. The second-order valence-corrected chi connectivity index (χ2v) is 3.42. The molecule has 2 heterocycles. The molecule has 0 spiro atoms. The summed E-state index contributed by atoms with van der Waals surface area (Å²) in [5.41, 5.74) is 0.970. The van der Waals surface area contributed by atoms with E-state index in [1.165, 1.54) is 0 Å². The van der Waals surface area contributed by atoms with Crippen molar-refractivity contribution in [2.24, 2.45) is 0 Å². The Labute approximate surface area is 88.3 Å². The smallest absolute Gasteiger partial charge is 0.272 e. The van der Waals surface area contributed by atoms with Crippen LogP contribution in [-0.2, 0) is 0 Å². The van der Waals surface area contributed by atoms with Gasteiger partial charge in [-0.1, -0.05) is 0 Å². The molecule has 0 saturated carbocycles. The first-order chi connectivity index (χ1) is 6.74. The van der Waals surface area contributed by atoms with Crippen molar-refractivity contribution < 1.29 is 4.79 Å². The highest BCUT2D eigenvalue weighted by Gasteiger charge is 2.16. The van der Waals surface area contributed by atoms with Crippen LogP contribution >= 0.6 is 15.9 Å². The van der Waals surface area contributed by atoms with Crippen molar-refractivity contribution in [3.8, 4) is 0 Å². The predicted octanol–water partition coefficient (Wildman–Crippen LogP) is 0.851. The average Bonchev–Trinajstić information content (AvgIpc) is 2.56. The lowest BCUT2D eigenvalue weighted by Gasteiger charge is -1.92. The number of aromatic nitrogens is 3. The Morgan fingerprint density at radius 1 is 1.64 bits per heavy atom. The molecule has 14 heavy (non-hydrogen) atoms. The number of amides is 1. The molecule has 0 fully saturated rings. The minimum Gasteiger partial charge on any atom is -0.354 e. The molecule has 0 aliphatic rings. The van der Waals surface area contributed by atoms with E-state index < -0.39 is 0 Å². The molecule has 0 bridgehead atoms. The van der Waals surface area contributed by atoms with Crippen LogP contribution in [0.25, 0.3) is 5.65 Å². The van der Waals surface area contributed by atoms with Crippen molar-refractivity contribution in [1.29, 1.82) is 0 Å². The fourth-order valence-corrected chi connectivity index (χ4v) is 1.67. The highest BCUT2D eigenvalue weighted by Crippen LogP contribution is 2.19. The molecule has 1 amide bonds. The van der Waals surface area contributed by atoms with Gasteiger partial charge in [-0.3, -0.25) is 4.79 Å². The molecule has 2 rings (SSSR count). The van der Waals surface area contributed by atoms with Crippen LogP contribution in [0.4, 0.5) is 0 Å². The SMILES string of the molecule is CNC(=O)c1nn2cccnc2c1Br. The van der Waals surface area contributed by atoms with E-state index in [0.29, 0.717) is 15.8 Å². The highest BCUT2D eigenvalue weighted by molar-refractivity contribution is 9.10. The second-order valence-electron chi connectivity index (χ2n) is 2.63.